The molecule has 1 saturated carbocycles. The van der Waals surface area contributed by atoms with Gasteiger partial charge in [-0.1, -0.05) is 18.7 Å². The fourth-order valence-corrected chi connectivity index (χ4v) is 5.41. The molecule has 2 fully saturated rings. The summed E-state index contributed by atoms with van der Waals surface area (Å²) in [5, 5.41) is 8.90. The molecule has 1 aromatic rings. The van der Waals surface area contributed by atoms with Crippen molar-refractivity contribution in [2.75, 3.05) is 0 Å². The van der Waals surface area contributed by atoms with Gasteiger partial charge in [0.25, 0.3) is 0 Å². The van der Waals surface area contributed by atoms with Crippen molar-refractivity contribution < 1.29 is 28.6 Å². The van der Waals surface area contributed by atoms with E-state index in [9.17, 15) is 14.4 Å². The Bertz CT molecular complexity index is 1150. The molecule has 2 aliphatic carbocycles. The third kappa shape index (κ3) is 4.28. The molecule has 7 nitrogen and oxygen atoms in total. The number of esters is 3. The predicted octanol–water partition coefficient (Wildman–Crippen LogP) is 4.03. The fourth-order valence-electron chi connectivity index (χ4n) is 5.41. The van der Waals surface area contributed by atoms with Gasteiger partial charge in [0.15, 0.2) is 0 Å². The Morgan fingerprint density at radius 2 is 2.00 bits per heavy atom. The molecule has 0 aromatic heterocycles. The molecule has 1 aromatic carbocycles. The van der Waals surface area contributed by atoms with Crippen molar-refractivity contribution in [2.24, 2.45) is 11.8 Å². The van der Waals surface area contributed by atoms with E-state index in [0.717, 1.165) is 16.7 Å². The summed E-state index contributed by atoms with van der Waals surface area (Å²) in [5.41, 5.74) is 2.62. The van der Waals surface area contributed by atoms with Gasteiger partial charge in [-0.15, -0.1) is 0 Å². The van der Waals surface area contributed by atoms with Gasteiger partial charge in [0, 0.05) is 30.4 Å². The molecular formula is C27H27NO6. The average molecular weight is 462 g/mol. The van der Waals surface area contributed by atoms with Crippen molar-refractivity contribution in [1.29, 1.82) is 5.26 Å². The third-order valence-corrected chi connectivity index (χ3v) is 7.16. The largest absolute Gasteiger partial charge is 0.459 e. The van der Waals surface area contributed by atoms with Crippen LogP contribution in [0, 0.1) is 23.2 Å². The number of ether oxygens (including phenoxy) is 3. The summed E-state index contributed by atoms with van der Waals surface area (Å²) in [6.07, 6.45) is 3.56. The van der Waals surface area contributed by atoms with E-state index in [0.29, 0.717) is 30.4 Å². The first-order valence-corrected chi connectivity index (χ1v) is 11.3. The lowest BCUT2D eigenvalue weighted by Crippen LogP contribution is -2.40. The van der Waals surface area contributed by atoms with Crippen molar-refractivity contribution in [3.8, 4) is 6.07 Å². The summed E-state index contributed by atoms with van der Waals surface area (Å²) in [5.74, 6) is -1.73. The van der Waals surface area contributed by atoms with E-state index >= 15 is 0 Å². The van der Waals surface area contributed by atoms with Gasteiger partial charge in [-0.25, -0.2) is 9.59 Å². The van der Waals surface area contributed by atoms with Gasteiger partial charge in [-0.3, -0.25) is 4.79 Å². The number of fused-ring (bicyclic) bond motifs is 3. The smallest absolute Gasteiger partial charge is 0.334 e. The normalized spacial score (nSPS) is 30.3. The lowest BCUT2D eigenvalue weighted by molar-refractivity contribution is -0.162. The lowest BCUT2D eigenvalue weighted by atomic mass is 9.81. The highest BCUT2D eigenvalue weighted by Crippen LogP contribution is 2.53. The molecule has 1 saturated heterocycles. The first-order valence-electron chi connectivity index (χ1n) is 11.3. The summed E-state index contributed by atoms with van der Waals surface area (Å²) in [7, 11) is 0. The lowest BCUT2D eigenvalue weighted by Gasteiger charge is -2.35. The topological polar surface area (TPSA) is 103 Å². The van der Waals surface area contributed by atoms with Gasteiger partial charge >= 0.3 is 17.9 Å². The summed E-state index contributed by atoms with van der Waals surface area (Å²) < 4.78 is 17.3. The van der Waals surface area contributed by atoms with Gasteiger partial charge in [-0.2, -0.15) is 5.26 Å². The van der Waals surface area contributed by atoms with Crippen molar-refractivity contribution >= 4 is 24.0 Å². The minimum atomic E-state index is -0.807. The van der Waals surface area contributed by atoms with Gasteiger partial charge in [0.05, 0.1) is 11.6 Å². The van der Waals surface area contributed by atoms with Gasteiger partial charge < -0.3 is 14.2 Å². The Balaban J connectivity index is 1.58. The number of nitrogens with zero attached hydrogens (tertiary/aromatic N) is 1. The monoisotopic (exact) mass is 461 g/mol. The van der Waals surface area contributed by atoms with E-state index in [1.807, 2.05) is 13.8 Å². The molecule has 1 aliphatic heterocycles. The van der Waals surface area contributed by atoms with Crippen LogP contribution in [0.1, 0.15) is 51.2 Å². The molecule has 0 spiro atoms. The van der Waals surface area contributed by atoms with Crippen LogP contribution in [0.5, 0.6) is 0 Å². The molecule has 4 rings (SSSR count). The Hall–Kier alpha value is -3.66. The molecule has 1 heterocycles. The second-order valence-electron chi connectivity index (χ2n) is 9.32. The van der Waals surface area contributed by atoms with Crippen LogP contribution in [0.4, 0.5) is 0 Å². The molecule has 7 heteroatoms. The van der Waals surface area contributed by atoms with E-state index < -0.39 is 29.7 Å². The number of rotatable bonds is 4. The molecule has 0 bridgehead atoms. The Labute approximate surface area is 198 Å². The van der Waals surface area contributed by atoms with E-state index in [4.69, 9.17) is 19.5 Å². The van der Waals surface area contributed by atoms with Crippen molar-refractivity contribution in [2.45, 2.75) is 57.8 Å². The van der Waals surface area contributed by atoms with Gasteiger partial charge in [0.2, 0.25) is 0 Å². The second-order valence-corrected chi connectivity index (χ2v) is 9.32. The number of carbonyl (C=O) groups excluding carboxylic acids is 3. The first-order chi connectivity index (χ1) is 16.1. The summed E-state index contributed by atoms with van der Waals surface area (Å²) >= 11 is 0. The number of hydrogen-bond acceptors (Lipinski definition) is 7. The maximum absolute atomic E-state index is 12.6. The molecule has 0 amide bonds. The maximum Gasteiger partial charge on any atom is 0.334 e. The zero-order chi connectivity index (χ0) is 24.6. The molecule has 3 aliphatic rings. The summed E-state index contributed by atoms with van der Waals surface area (Å²) in [6.45, 7) is 9.08. The average Bonchev–Trinajstić information content (AvgIpc) is 3.22. The summed E-state index contributed by atoms with van der Waals surface area (Å²) in [4.78, 5) is 36.8. The fraction of sp³-hybridized carbons (Fsp3) is 0.407. The molecule has 0 N–H and O–H groups in total. The third-order valence-electron chi connectivity index (χ3n) is 7.16. The highest BCUT2D eigenvalue weighted by molar-refractivity contribution is 5.91. The number of hydrogen-bond donors (Lipinski definition) is 0. The van der Waals surface area contributed by atoms with Crippen LogP contribution in [0.2, 0.25) is 0 Å². The van der Waals surface area contributed by atoms with E-state index in [2.05, 4.69) is 12.6 Å². The molecule has 176 valence electrons. The minimum Gasteiger partial charge on any atom is -0.459 e. The minimum absolute atomic E-state index is 0.192. The van der Waals surface area contributed by atoms with Crippen LogP contribution in [0.25, 0.3) is 6.08 Å². The second kappa shape index (κ2) is 8.94. The van der Waals surface area contributed by atoms with Crippen LogP contribution in [0.3, 0.4) is 0 Å². The molecular weight excluding hydrogens is 434 g/mol. The Morgan fingerprint density at radius 3 is 2.65 bits per heavy atom. The predicted molar refractivity (Wildman–Crippen MR) is 123 cm³/mol. The number of benzene rings is 1. The highest BCUT2D eigenvalue weighted by atomic mass is 16.6. The summed E-state index contributed by atoms with van der Waals surface area (Å²) in [6, 6.07) is 8.89. The van der Waals surface area contributed by atoms with E-state index in [1.165, 1.54) is 13.0 Å². The van der Waals surface area contributed by atoms with Crippen LogP contribution >= 0.6 is 0 Å². The van der Waals surface area contributed by atoms with Crippen LogP contribution < -0.4 is 0 Å². The SMILES string of the molecule is C=C1C(=O)O[C@@H]2C3=C(C)[C@@H](OC(=O)/C=C/c4ccc(C#N)cc4)CC3[C@](C)(OC(C)=O)CC[C@@H]12. The van der Waals surface area contributed by atoms with Crippen LogP contribution in [0.15, 0.2) is 53.6 Å². The Morgan fingerprint density at radius 1 is 1.29 bits per heavy atom. The maximum atomic E-state index is 12.6. The first kappa shape index (κ1) is 23.5. The molecule has 34 heavy (non-hydrogen) atoms. The Kier molecular flexibility index (Phi) is 6.18. The standard InChI is InChI=1S/C27H27NO6/c1-15-20-11-12-27(4,34-17(3)29)21-13-22(16(2)24(21)25(20)33-26(15)31)32-23(30)10-9-18-5-7-19(14-28)8-6-18/h5-10,20-22,25H,1,11-13H2,2-4H3/b10-9+/t20-,21?,22-,25-,27+/m0/s1. The quantitative estimate of drug-likeness (QED) is 0.289. The van der Waals surface area contributed by atoms with Crippen LogP contribution in [-0.4, -0.2) is 35.7 Å². The van der Waals surface area contributed by atoms with Crippen LogP contribution in [-0.2, 0) is 28.6 Å². The molecule has 1 unspecified atom stereocenters. The zero-order valence-electron chi connectivity index (χ0n) is 19.5. The van der Waals surface area contributed by atoms with Crippen molar-refractivity contribution in [3.05, 3.63) is 64.8 Å². The molecule has 5 atom stereocenters. The number of nitriles is 1. The van der Waals surface area contributed by atoms with Crippen molar-refractivity contribution in [3.63, 3.8) is 0 Å². The van der Waals surface area contributed by atoms with Gasteiger partial charge in [-0.05, 0) is 68.0 Å². The van der Waals surface area contributed by atoms with Gasteiger partial charge in [0.1, 0.15) is 17.8 Å². The van der Waals surface area contributed by atoms with E-state index in [-0.39, 0.29) is 17.8 Å². The van der Waals surface area contributed by atoms with Crippen molar-refractivity contribution in [1.82, 2.24) is 0 Å². The number of carbonyl (C=O) groups is 3. The zero-order valence-corrected chi connectivity index (χ0v) is 19.5. The molecule has 0 radical (unpaired) electrons. The highest BCUT2D eigenvalue weighted by Gasteiger charge is 2.56. The van der Waals surface area contributed by atoms with E-state index in [1.54, 1.807) is 30.3 Å².